The largest absolute Gasteiger partial charge is 0.278 e. The first-order valence-electron chi connectivity index (χ1n) is 8.81. The zero-order valence-electron chi connectivity index (χ0n) is 15.5. The molecule has 6 heteroatoms. The Morgan fingerprint density at radius 1 is 1.26 bits per heavy atom. The van der Waals surface area contributed by atoms with Crippen LogP contribution in [0.25, 0.3) is 0 Å². The minimum absolute atomic E-state index is 0.0299. The third-order valence-electron chi connectivity index (χ3n) is 5.17. The van der Waals surface area contributed by atoms with Crippen molar-refractivity contribution < 1.29 is 4.79 Å². The van der Waals surface area contributed by atoms with Gasteiger partial charge in [-0.1, -0.05) is 12.1 Å². The van der Waals surface area contributed by atoms with Crippen LogP contribution in [-0.4, -0.2) is 29.5 Å². The highest BCUT2D eigenvalue weighted by atomic mass is 16.2. The lowest BCUT2D eigenvalue weighted by molar-refractivity contribution is -0.121. The summed E-state index contributed by atoms with van der Waals surface area (Å²) in [6, 6.07) is 9.88. The van der Waals surface area contributed by atoms with E-state index >= 15 is 0 Å². The highest BCUT2D eigenvalue weighted by molar-refractivity contribution is 6.12. The van der Waals surface area contributed by atoms with E-state index in [1.54, 1.807) is 17.2 Å². The second kappa shape index (κ2) is 6.13. The monoisotopic (exact) mass is 357 g/mol. The molecule has 0 aliphatic carbocycles. The first kappa shape index (κ1) is 17.1. The first-order chi connectivity index (χ1) is 12.9. The fourth-order valence-electron chi connectivity index (χ4n) is 3.57. The van der Waals surface area contributed by atoms with Crippen LogP contribution in [0.2, 0.25) is 0 Å². The second-order valence-electron chi connectivity index (χ2n) is 7.36. The van der Waals surface area contributed by atoms with Crippen LogP contribution >= 0.6 is 0 Å². The van der Waals surface area contributed by atoms with Crippen LogP contribution < -0.4 is 4.90 Å². The molecule has 1 amide bonds. The average molecular weight is 357 g/mol. The standard InChI is InChI=1S/C21H19N5O/c1-13-24-10-16(11-25-13)15-4-5-18-19(7-15)26(20(27)21(18,2)3)17-6-14(8-22)9-23-12-17/h4-7,9-10,12,16H,11H2,1-3H3. The molecule has 0 bridgehead atoms. The van der Waals surface area contributed by atoms with Gasteiger partial charge in [0.1, 0.15) is 11.9 Å². The molecule has 1 unspecified atom stereocenters. The Balaban J connectivity index is 1.82. The van der Waals surface area contributed by atoms with Crippen molar-refractivity contribution in [2.24, 2.45) is 9.98 Å². The fraction of sp³-hybridized carbons (Fsp3) is 0.286. The van der Waals surface area contributed by atoms with E-state index < -0.39 is 5.41 Å². The van der Waals surface area contributed by atoms with E-state index in [2.05, 4.69) is 21.0 Å². The van der Waals surface area contributed by atoms with Crippen LogP contribution in [0.15, 0.2) is 46.6 Å². The molecule has 27 heavy (non-hydrogen) atoms. The highest BCUT2D eigenvalue weighted by Crippen LogP contribution is 2.46. The molecule has 0 N–H and O–H groups in total. The van der Waals surface area contributed by atoms with Crippen molar-refractivity contribution in [3.05, 3.63) is 53.3 Å². The zero-order chi connectivity index (χ0) is 19.2. The predicted molar refractivity (Wildman–Crippen MR) is 105 cm³/mol. The molecular formula is C21H19N5O. The van der Waals surface area contributed by atoms with Gasteiger partial charge in [0.05, 0.1) is 35.1 Å². The van der Waals surface area contributed by atoms with E-state index in [1.807, 2.05) is 45.2 Å². The number of carbonyl (C=O) groups is 1. The Morgan fingerprint density at radius 2 is 2.07 bits per heavy atom. The SMILES string of the molecule is CC1=NCC(c2ccc3c(c2)N(c2cncc(C#N)c2)C(=O)C3(C)C)C=N1. The number of carbonyl (C=O) groups excluding carboxylic acids is 1. The van der Waals surface area contributed by atoms with Gasteiger partial charge < -0.3 is 0 Å². The van der Waals surface area contributed by atoms with Gasteiger partial charge in [0.25, 0.3) is 0 Å². The highest BCUT2D eigenvalue weighted by Gasteiger charge is 2.45. The molecule has 134 valence electrons. The summed E-state index contributed by atoms with van der Waals surface area (Å²) in [5, 5.41) is 9.18. The van der Waals surface area contributed by atoms with Crippen LogP contribution in [0.3, 0.4) is 0 Å². The van der Waals surface area contributed by atoms with Crippen molar-refractivity contribution >= 4 is 29.3 Å². The molecule has 1 aromatic heterocycles. The molecule has 1 aromatic carbocycles. The maximum atomic E-state index is 13.2. The van der Waals surface area contributed by atoms with Gasteiger partial charge in [-0.05, 0) is 44.0 Å². The molecule has 6 nitrogen and oxygen atoms in total. The number of anilines is 2. The molecule has 2 aromatic rings. The van der Waals surface area contributed by atoms with Crippen molar-refractivity contribution in [3.8, 4) is 6.07 Å². The summed E-state index contributed by atoms with van der Waals surface area (Å²) < 4.78 is 0. The number of amides is 1. The molecular weight excluding hydrogens is 338 g/mol. The number of nitriles is 1. The van der Waals surface area contributed by atoms with Crippen molar-refractivity contribution in [3.63, 3.8) is 0 Å². The van der Waals surface area contributed by atoms with Crippen LogP contribution in [0.1, 0.15) is 43.4 Å². The lowest BCUT2D eigenvalue weighted by atomic mass is 9.85. The lowest BCUT2D eigenvalue weighted by Crippen LogP contribution is -2.33. The maximum Gasteiger partial charge on any atom is 0.241 e. The number of nitrogens with zero attached hydrogens (tertiary/aromatic N) is 5. The summed E-state index contributed by atoms with van der Waals surface area (Å²) in [6.07, 6.45) is 5.02. The Morgan fingerprint density at radius 3 is 2.78 bits per heavy atom. The summed E-state index contributed by atoms with van der Waals surface area (Å²) in [7, 11) is 0. The third kappa shape index (κ3) is 2.72. The Labute approximate surface area is 157 Å². The van der Waals surface area contributed by atoms with E-state index in [-0.39, 0.29) is 11.8 Å². The minimum atomic E-state index is -0.647. The summed E-state index contributed by atoms with van der Waals surface area (Å²) in [5.74, 6) is 0.839. The normalized spacial score (nSPS) is 20.2. The van der Waals surface area contributed by atoms with E-state index in [0.29, 0.717) is 17.8 Å². The quantitative estimate of drug-likeness (QED) is 0.825. The number of hydrogen-bond acceptors (Lipinski definition) is 5. The molecule has 1 atom stereocenters. The van der Waals surface area contributed by atoms with Crippen molar-refractivity contribution in [2.45, 2.75) is 32.1 Å². The van der Waals surface area contributed by atoms with Crippen molar-refractivity contribution in [2.75, 3.05) is 11.4 Å². The van der Waals surface area contributed by atoms with Crippen LogP contribution in [0.5, 0.6) is 0 Å². The van der Waals surface area contributed by atoms with Crippen molar-refractivity contribution in [1.29, 1.82) is 5.26 Å². The topological polar surface area (TPSA) is 81.7 Å². The number of amidine groups is 1. The number of benzene rings is 1. The van der Waals surface area contributed by atoms with Crippen LogP contribution in [0.4, 0.5) is 11.4 Å². The van der Waals surface area contributed by atoms with Gasteiger partial charge >= 0.3 is 0 Å². The van der Waals surface area contributed by atoms with Gasteiger partial charge in [0.15, 0.2) is 0 Å². The molecule has 4 rings (SSSR count). The third-order valence-corrected chi connectivity index (χ3v) is 5.17. The molecule has 0 radical (unpaired) electrons. The van der Waals surface area contributed by atoms with Gasteiger partial charge in [-0.15, -0.1) is 0 Å². The Hall–Kier alpha value is -3.33. The van der Waals surface area contributed by atoms with E-state index in [9.17, 15) is 10.1 Å². The van der Waals surface area contributed by atoms with E-state index in [0.717, 1.165) is 22.6 Å². The van der Waals surface area contributed by atoms with E-state index in [1.165, 1.54) is 6.20 Å². The van der Waals surface area contributed by atoms with Gasteiger partial charge in [0, 0.05) is 18.3 Å². The number of fused-ring (bicyclic) bond motifs is 1. The van der Waals surface area contributed by atoms with E-state index in [4.69, 9.17) is 0 Å². The Bertz CT molecular complexity index is 1040. The van der Waals surface area contributed by atoms with Gasteiger partial charge in [-0.2, -0.15) is 5.26 Å². The van der Waals surface area contributed by atoms with Crippen LogP contribution in [-0.2, 0) is 10.2 Å². The van der Waals surface area contributed by atoms with Crippen molar-refractivity contribution in [1.82, 2.24) is 4.98 Å². The predicted octanol–water partition coefficient (Wildman–Crippen LogP) is 3.50. The molecule has 0 saturated carbocycles. The number of aliphatic imine (C=N–C) groups is 2. The summed E-state index contributed by atoms with van der Waals surface area (Å²) >= 11 is 0. The second-order valence-corrected chi connectivity index (χ2v) is 7.36. The number of pyridine rings is 1. The molecule has 2 aliphatic heterocycles. The number of hydrogen-bond donors (Lipinski definition) is 0. The molecule has 2 aliphatic rings. The Kier molecular flexibility index (Phi) is 3.88. The molecule has 3 heterocycles. The smallest absolute Gasteiger partial charge is 0.241 e. The van der Waals surface area contributed by atoms with Crippen LogP contribution in [0, 0.1) is 11.3 Å². The maximum absolute atomic E-state index is 13.2. The summed E-state index contributed by atoms with van der Waals surface area (Å²) in [5.41, 5.74) is 3.24. The molecule has 0 spiro atoms. The zero-order valence-corrected chi connectivity index (χ0v) is 15.5. The first-order valence-corrected chi connectivity index (χ1v) is 8.81. The summed E-state index contributed by atoms with van der Waals surface area (Å²) in [6.45, 7) is 6.38. The minimum Gasteiger partial charge on any atom is -0.278 e. The molecule has 0 saturated heterocycles. The number of aromatic nitrogens is 1. The van der Waals surface area contributed by atoms with Gasteiger partial charge in [-0.3, -0.25) is 19.7 Å². The van der Waals surface area contributed by atoms with Gasteiger partial charge in [0.2, 0.25) is 5.91 Å². The lowest BCUT2D eigenvalue weighted by Gasteiger charge is -2.20. The number of rotatable bonds is 2. The van der Waals surface area contributed by atoms with Gasteiger partial charge in [-0.25, -0.2) is 4.99 Å². The fourth-order valence-corrected chi connectivity index (χ4v) is 3.57. The average Bonchev–Trinajstić information content (AvgIpc) is 2.88. The molecule has 0 fully saturated rings. The summed E-state index contributed by atoms with van der Waals surface area (Å²) in [4.78, 5) is 27.7.